The van der Waals surface area contributed by atoms with Crippen LogP contribution in [0.5, 0.6) is 11.5 Å². The van der Waals surface area contributed by atoms with E-state index in [1.54, 1.807) is 0 Å². The van der Waals surface area contributed by atoms with E-state index in [1.807, 2.05) is 12.1 Å². The highest BCUT2D eigenvalue weighted by atomic mass is 79.9. The second-order valence-corrected chi connectivity index (χ2v) is 4.24. The molecule has 3 heteroatoms. The Morgan fingerprint density at radius 3 is 2.57 bits per heavy atom. The van der Waals surface area contributed by atoms with Crippen molar-refractivity contribution >= 4 is 15.9 Å². The van der Waals surface area contributed by atoms with Gasteiger partial charge in [-0.25, -0.2) is 0 Å². The Labute approximate surface area is 92.3 Å². The smallest absolute Gasteiger partial charge is 0.162 e. The molecule has 1 aliphatic heterocycles. The van der Waals surface area contributed by atoms with Gasteiger partial charge in [0.25, 0.3) is 0 Å². The lowest BCUT2D eigenvalue weighted by Gasteiger charge is -2.26. The lowest BCUT2D eigenvalue weighted by atomic mass is 10.1. The molecule has 0 bridgehead atoms. The normalized spacial score (nSPS) is 19.5. The highest BCUT2D eigenvalue weighted by Crippen LogP contribution is 2.34. The molecular weight excluding hydrogens is 244 g/mol. The molecule has 1 heterocycles. The first-order chi connectivity index (χ1) is 6.70. The van der Waals surface area contributed by atoms with E-state index >= 15 is 0 Å². The molecule has 0 fully saturated rings. The number of halogens is 1. The van der Waals surface area contributed by atoms with Crippen molar-refractivity contribution in [3.8, 4) is 11.5 Å². The van der Waals surface area contributed by atoms with Crippen LogP contribution in [0.1, 0.15) is 11.1 Å². The third kappa shape index (κ3) is 1.73. The molecule has 0 spiro atoms. The minimum absolute atomic E-state index is 0.129. The summed E-state index contributed by atoms with van der Waals surface area (Å²) in [5, 5.41) is 0.805. The summed E-state index contributed by atoms with van der Waals surface area (Å²) in [4.78, 5) is 0. The number of hydrogen-bond donors (Lipinski definition) is 0. The van der Waals surface area contributed by atoms with Gasteiger partial charge in [-0.05, 0) is 37.1 Å². The van der Waals surface area contributed by atoms with Gasteiger partial charge in [0, 0.05) is 5.33 Å². The van der Waals surface area contributed by atoms with Crippen molar-refractivity contribution in [1.29, 1.82) is 0 Å². The molecule has 2 nitrogen and oxygen atoms in total. The zero-order valence-corrected chi connectivity index (χ0v) is 9.93. The van der Waals surface area contributed by atoms with E-state index in [4.69, 9.17) is 9.47 Å². The van der Waals surface area contributed by atoms with Gasteiger partial charge in [0.1, 0.15) is 12.7 Å². The molecule has 0 saturated heterocycles. The maximum Gasteiger partial charge on any atom is 0.162 e. The first-order valence-corrected chi connectivity index (χ1v) is 5.79. The summed E-state index contributed by atoms with van der Waals surface area (Å²) in [5.74, 6) is 1.73. The zero-order chi connectivity index (χ0) is 10.1. The van der Waals surface area contributed by atoms with E-state index in [0.717, 1.165) is 16.8 Å². The topological polar surface area (TPSA) is 18.5 Å². The molecule has 0 N–H and O–H groups in total. The van der Waals surface area contributed by atoms with Crippen LogP contribution in [0, 0.1) is 13.8 Å². The molecule has 1 atom stereocenters. The van der Waals surface area contributed by atoms with Crippen molar-refractivity contribution < 1.29 is 9.47 Å². The quantitative estimate of drug-likeness (QED) is 0.720. The van der Waals surface area contributed by atoms with Crippen molar-refractivity contribution in [3.05, 3.63) is 23.3 Å². The lowest BCUT2D eigenvalue weighted by molar-refractivity contribution is 0.108. The summed E-state index contributed by atoms with van der Waals surface area (Å²) in [7, 11) is 0. The number of aryl methyl sites for hydroxylation is 2. The third-order valence-corrected chi connectivity index (χ3v) is 3.17. The van der Waals surface area contributed by atoms with Crippen LogP contribution >= 0.6 is 15.9 Å². The molecule has 1 unspecified atom stereocenters. The first-order valence-electron chi connectivity index (χ1n) is 4.67. The maximum absolute atomic E-state index is 5.75. The average Bonchev–Trinajstić information content (AvgIpc) is 2.19. The van der Waals surface area contributed by atoms with Gasteiger partial charge in [-0.3, -0.25) is 0 Å². The van der Waals surface area contributed by atoms with E-state index in [-0.39, 0.29) is 6.10 Å². The second kappa shape index (κ2) is 3.81. The van der Waals surface area contributed by atoms with Crippen molar-refractivity contribution in [2.24, 2.45) is 0 Å². The maximum atomic E-state index is 5.75. The van der Waals surface area contributed by atoms with Gasteiger partial charge >= 0.3 is 0 Å². The summed E-state index contributed by atoms with van der Waals surface area (Å²) in [6, 6.07) is 4.08. The molecular formula is C11H13BrO2. The Morgan fingerprint density at radius 1 is 1.29 bits per heavy atom. The van der Waals surface area contributed by atoms with Crippen LogP contribution in [-0.4, -0.2) is 18.0 Å². The number of alkyl halides is 1. The fourth-order valence-corrected chi connectivity index (χ4v) is 1.76. The molecule has 1 aromatic carbocycles. The molecule has 0 saturated carbocycles. The van der Waals surface area contributed by atoms with Crippen LogP contribution in [0.15, 0.2) is 12.1 Å². The Kier molecular flexibility index (Phi) is 2.68. The van der Waals surface area contributed by atoms with Gasteiger partial charge in [-0.15, -0.1) is 0 Å². The molecule has 1 aliphatic rings. The Bertz CT molecular complexity index is 349. The second-order valence-electron chi connectivity index (χ2n) is 3.59. The van der Waals surface area contributed by atoms with E-state index in [0.29, 0.717) is 6.61 Å². The Balaban J connectivity index is 2.33. The first kappa shape index (κ1) is 9.84. The Morgan fingerprint density at radius 2 is 1.93 bits per heavy atom. The number of ether oxygens (including phenoxy) is 2. The molecule has 14 heavy (non-hydrogen) atoms. The van der Waals surface area contributed by atoms with Crippen LogP contribution < -0.4 is 9.47 Å². The molecule has 0 amide bonds. The van der Waals surface area contributed by atoms with Gasteiger partial charge in [0.15, 0.2) is 11.5 Å². The fraction of sp³-hybridized carbons (Fsp3) is 0.455. The highest BCUT2D eigenvalue weighted by molar-refractivity contribution is 9.09. The summed E-state index contributed by atoms with van der Waals surface area (Å²) < 4.78 is 11.4. The van der Waals surface area contributed by atoms with E-state index in [1.165, 1.54) is 11.1 Å². The van der Waals surface area contributed by atoms with Gasteiger partial charge in [0.2, 0.25) is 0 Å². The molecule has 0 radical (unpaired) electrons. The third-order valence-electron chi connectivity index (χ3n) is 2.45. The minimum atomic E-state index is 0.129. The molecule has 1 aromatic rings. The van der Waals surface area contributed by atoms with Crippen LogP contribution in [-0.2, 0) is 0 Å². The summed E-state index contributed by atoms with van der Waals surface area (Å²) in [6.45, 7) is 4.78. The predicted molar refractivity (Wildman–Crippen MR) is 59.6 cm³/mol. The summed E-state index contributed by atoms with van der Waals surface area (Å²) >= 11 is 3.39. The molecule has 0 aliphatic carbocycles. The highest BCUT2D eigenvalue weighted by Gasteiger charge is 2.20. The lowest BCUT2D eigenvalue weighted by Crippen LogP contribution is -2.30. The van der Waals surface area contributed by atoms with Gasteiger partial charge in [0.05, 0.1) is 0 Å². The van der Waals surface area contributed by atoms with E-state index in [9.17, 15) is 0 Å². The van der Waals surface area contributed by atoms with Crippen molar-refractivity contribution in [1.82, 2.24) is 0 Å². The SMILES string of the molecule is Cc1cc2c(cc1C)OC(CBr)CO2. The van der Waals surface area contributed by atoms with Crippen LogP contribution in [0.3, 0.4) is 0 Å². The Hall–Kier alpha value is -0.700. The van der Waals surface area contributed by atoms with Crippen molar-refractivity contribution in [3.63, 3.8) is 0 Å². The zero-order valence-electron chi connectivity index (χ0n) is 8.34. The molecule has 2 rings (SSSR count). The molecule has 0 aromatic heterocycles. The number of benzene rings is 1. The fourth-order valence-electron chi connectivity index (χ4n) is 1.44. The van der Waals surface area contributed by atoms with Gasteiger partial charge in [-0.1, -0.05) is 15.9 Å². The van der Waals surface area contributed by atoms with Gasteiger partial charge < -0.3 is 9.47 Å². The van der Waals surface area contributed by atoms with Crippen molar-refractivity contribution in [2.75, 3.05) is 11.9 Å². The molecule has 76 valence electrons. The number of fused-ring (bicyclic) bond motifs is 1. The summed E-state index contributed by atoms with van der Waals surface area (Å²) in [6.07, 6.45) is 0.129. The van der Waals surface area contributed by atoms with Crippen molar-refractivity contribution in [2.45, 2.75) is 20.0 Å². The monoisotopic (exact) mass is 256 g/mol. The predicted octanol–water partition coefficient (Wildman–Crippen LogP) is 2.84. The summed E-state index contributed by atoms with van der Waals surface area (Å²) in [5.41, 5.74) is 2.48. The van der Waals surface area contributed by atoms with E-state index < -0.39 is 0 Å². The van der Waals surface area contributed by atoms with Crippen LogP contribution in [0.25, 0.3) is 0 Å². The standard InChI is InChI=1S/C11H13BrO2/c1-7-3-10-11(4-8(7)2)14-9(5-12)6-13-10/h3-4,9H,5-6H2,1-2H3. The number of rotatable bonds is 1. The van der Waals surface area contributed by atoms with Gasteiger partial charge in [-0.2, -0.15) is 0 Å². The minimum Gasteiger partial charge on any atom is -0.486 e. The van der Waals surface area contributed by atoms with Crippen LogP contribution in [0.4, 0.5) is 0 Å². The van der Waals surface area contributed by atoms with E-state index in [2.05, 4.69) is 29.8 Å². The average molecular weight is 257 g/mol. The van der Waals surface area contributed by atoms with Crippen LogP contribution in [0.2, 0.25) is 0 Å². The largest absolute Gasteiger partial charge is 0.486 e. The number of hydrogen-bond acceptors (Lipinski definition) is 2.